The summed E-state index contributed by atoms with van der Waals surface area (Å²) in [6.45, 7) is 3.05. The molecule has 0 atom stereocenters. The average molecular weight is 303 g/mol. The molecular weight excluding hydrogens is 286 g/mol. The van der Waals surface area contributed by atoms with Gasteiger partial charge in [0.2, 0.25) is 10.0 Å². The number of nitrogens with one attached hydrogen (secondary N) is 1. The lowest BCUT2D eigenvalue weighted by molar-refractivity contribution is 0.0664. The molecule has 8 heteroatoms. The Kier molecular flexibility index (Phi) is 4.24. The third-order valence-corrected chi connectivity index (χ3v) is 6.00. The third-order valence-electron chi connectivity index (χ3n) is 3.15. The highest BCUT2D eigenvalue weighted by Gasteiger charge is 2.23. The number of thiophene rings is 1. The van der Waals surface area contributed by atoms with Crippen LogP contribution < -0.4 is 4.72 Å². The quantitative estimate of drug-likeness (QED) is 0.856. The minimum Gasteiger partial charge on any atom is -0.336 e. The summed E-state index contributed by atoms with van der Waals surface area (Å²) < 4.78 is 25.7. The summed E-state index contributed by atoms with van der Waals surface area (Å²) in [5.41, 5.74) is 0.448. The number of hydrogen-bond donors (Lipinski definition) is 1. The molecule has 106 valence electrons. The van der Waals surface area contributed by atoms with Gasteiger partial charge in [-0.3, -0.25) is 4.79 Å². The monoisotopic (exact) mass is 303 g/mol. The first-order valence-corrected chi connectivity index (χ1v) is 8.30. The van der Waals surface area contributed by atoms with E-state index in [0.29, 0.717) is 18.7 Å². The van der Waals surface area contributed by atoms with Gasteiger partial charge in [-0.05, 0) is 20.2 Å². The molecule has 6 nitrogen and oxygen atoms in total. The van der Waals surface area contributed by atoms with Gasteiger partial charge in [-0.1, -0.05) is 0 Å². The van der Waals surface area contributed by atoms with Gasteiger partial charge in [-0.25, -0.2) is 13.1 Å². The first-order chi connectivity index (χ1) is 8.94. The molecule has 1 aliphatic rings. The van der Waals surface area contributed by atoms with E-state index in [2.05, 4.69) is 9.62 Å². The second-order valence-corrected chi connectivity index (χ2v) is 7.48. The number of carbonyl (C=O) groups excluding carboxylic acids is 1. The van der Waals surface area contributed by atoms with Gasteiger partial charge in [0.25, 0.3) is 5.91 Å². The summed E-state index contributed by atoms with van der Waals surface area (Å²) in [5.74, 6) is -0.0955. The first-order valence-electron chi connectivity index (χ1n) is 5.94. The molecule has 2 rings (SSSR count). The predicted octanol–water partition coefficient (Wildman–Crippen LogP) is 0.0438. The summed E-state index contributed by atoms with van der Waals surface area (Å²) in [5, 5.41) is 1.60. The summed E-state index contributed by atoms with van der Waals surface area (Å²) in [7, 11) is -0.0848. The molecular formula is C11H17N3O3S2. The first kappa shape index (κ1) is 14.4. The fourth-order valence-electron chi connectivity index (χ4n) is 1.86. The van der Waals surface area contributed by atoms with Crippen molar-refractivity contribution in [3.05, 3.63) is 17.0 Å². The van der Waals surface area contributed by atoms with Crippen LogP contribution in [0.25, 0.3) is 0 Å². The van der Waals surface area contributed by atoms with E-state index < -0.39 is 10.0 Å². The summed E-state index contributed by atoms with van der Waals surface area (Å²) in [6.07, 6.45) is 0. The fourth-order valence-corrected chi connectivity index (χ4v) is 3.85. The summed E-state index contributed by atoms with van der Waals surface area (Å²) >= 11 is 1.07. The zero-order valence-electron chi connectivity index (χ0n) is 10.9. The second kappa shape index (κ2) is 5.58. The minimum absolute atomic E-state index is 0.0955. The molecule has 0 radical (unpaired) electrons. The lowest BCUT2D eigenvalue weighted by Gasteiger charge is -2.32. The molecule has 0 bridgehead atoms. The number of piperazine rings is 1. The van der Waals surface area contributed by atoms with Gasteiger partial charge >= 0.3 is 0 Å². The van der Waals surface area contributed by atoms with Crippen molar-refractivity contribution >= 4 is 27.3 Å². The summed E-state index contributed by atoms with van der Waals surface area (Å²) in [6, 6.07) is 1.44. The van der Waals surface area contributed by atoms with Crippen LogP contribution in [0, 0.1) is 0 Å². The van der Waals surface area contributed by atoms with Crippen LogP contribution in [0.3, 0.4) is 0 Å². The van der Waals surface area contributed by atoms with E-state index in [1.807, 2.05) is 7.05 Å². The summed E-state index contributed by atoms with van der Waals surface area (Å²) in [4.78, 5) is 16.2. The van der Waals surface area contributed by atoms with E-state index >= 15 is 0 Å². The van der Waals surface area contributed by atoms with Crippen molar-refractivity contribution in [2.75, 3.05) is 40.3 Å². The van der Waals surface area contributed by atoms with E-state index in [-0.39, 0.29) is 10.1 Å². The molecule has 0 spiro atoms. The Bertz CT molecular complexity index is 559. The van der Waals surface area contributed by atoms with Crippen LogP contribution in [0.2, 0.25) is 0 Å². The topological polar surface area (TPSA) is 69.7 Å². The van der Waals surface area contributed by atoms with E-state index in [1.165, 1.54) is 13.1 Å². The molecule has 1 amide bonds. The molecule has 1 aromatic rings. The molecule has 1 fully saturated rings. The lowest BCUT2D eigenvalue weighted by Crippen LogP contribution is -2.47. The highest BCUT2D eigenvalue weighted by Crippen LogP contribution is 2.21. The number of rotatable bonds is 3. The highest BCUT2D eigenvalue weighted by atomic mass is 32.2. The van der Waals surface area contributed by atoms with Crippen molar-refractivity contribution in [3.8, 4) is 0 Å². The van der Waals surface area contributed by atoms with Gasteiger partial charge < -0.3 is 9.80 Å². The normalized spacial score (nSPS) is 17.7. The van der Waals surface area contributed by atoms with Crippen LogP contribution in [0.1, 0.15) is 10.4 Å². The zero-order valence-corrected chi connectivity index (χ0v) is 12.6. The number of sulfonamides is 1. The highest BCUT2D eigenvalue weighted by molar-refractivity contribution is 7.91. The third kappa shape index (κ3) is 3.14. The maximum atomic E-state index is 12.2. The Labute approximate surface area is 117 Å². The van der Waals surface area contributed by atoms with Gasteiger partial charge in [-0.2, -0.15) is 0 Å². The molecule has 1 aliphatic heterocycles. The van der Waals surface area contributed by atoms with Crippen molar-refractivity contribution in [1.29, 1.82) is 0 Å². The van der Waals surface area contributed by atoms with Crippen LogP contribution in [0.5, 0.6) is 0 Å². The number of carbonyl (C=O) groups is 1. The van der Waals surface area contributed by atoms with Crippen molar-refractivity contribution in [2.24, 2.45) is 0 Å². The van der Waals surface area contributed by atoms with Gasteiger partial charge in [0.05, 0.1) is 5.56 Å². The number of amides is 1. The van der Waals surface area contributed by atoms with Crippen LogP contribution in [-0.2, 0) is 10.0 Å². The molecule has 1 saturated heterocycles. The molecule has 0 unspecified atom stereocenters. The van der Waals surface area contributed by atoms with E-state index in [1.54, 1.807) is 10.3 Å². The molecule has 1 N–H and O–H groups in total. The maximum absolute atomic E-state index is 12.2. The SMILES string of the molecule is CNS(=O)(=O)c1cc(C(=O)N2CCN(C)CC2)cs1. The number of hydrogen-bond acceptors (Lipinski definition) is 5. The Balaban J connectivity index is 2.13. The Morgan fingerprint density at radius 3 is 2.53 bits per heavy atom. The number of likely N-dealkylation sites (N-methyl/N-ethyl adjacent to an activating group) is 1. The largest absolute Gasteiger partial charge is 0.336 e. The van der Waals surface area contributed by atoms with Crippen LogP contribution >= 0.6 is 11.3 Å². The second-order valence-electron chi connectivity index (χ2n) is 4.46. The van der Waals surface area contributed by atoms with Crippen LogP contribution in [0.4, 0.5) is 0 Å². The molecule has 0 aliphatic carbocycles. The standard InChI is InChI=1S/C11H17N3O3S2/c1-12-19(16,17)10-7-9(8-18-10)11(15)14-5-3-13(2)4-6-14/h7-8,12H,3-6H2,1-2H3. The smallest absolute Gasteiger partial charge is 0.254 e. The fraction of sp³-hybridized carbons (Fsp3) is 0.545. The van der Waals surface area contributed by atoms with Crippen molar-refractivity contribution in [2.45, 2.75) is 4.21 Å². The Morgan fingerprint density at radius 2 is 1.95 bits per heavy atom. The lowest BCUT2D eigenvalue weighted by atomic mass is 10.2. The van der Waals surface area contributed by atoms with Crippen molar-refractivity contribution in [1.82, 2.24) is 14.5 Å². The van der Waals surface area contributed by atoms with E-state index in [9.17, 15) is 13.2 Å². The van der Waals surface area contributed by atoms with Crippen LogP contribution in [0.15, 0.2) is 15.7 Å². The predicted molar refractivity (Wildman–Crippen MR) is 74.0 cm³/mol. The maximum Gasteiger partial charge on any atom is 0.254 e. The molecule has 0 aromatic carbocycles. The Hall–Kier alpha value is -0.960. The molecule has 0 saturated carbocycles. The van der Waals surface area contributed by atoms with Gasteiger partial charge in [0.15, 0.2) is 0 Å². The Morgan fingerprint density at radius 1 is 1.32 bits per heavy atom. The van der Waals surface area contributed by atoms with Crippen molar-refractivity contribution < 1.29 is 13.2 Å². The average Bonchev–Trinajstić information content (AvgIpc) is 2.89. The molecule has 2 heterocycles. The molecule has 1 aromatic heterocycles. The number of nitrogens with zero attached hydrogens (tertiary/aromatic N) is 2. The molecule has 19 heavy (non-hydrogen) atoms. The van der Waals surface area contributed by atoms with Crippen molar-refractivity contribution in [3.63, 3.8) is 0 Å². The van der Waals surface area contributed by atoms with E-state index in [0.717, 1.165) is 24.4 Å². The zero-order chi connectivity index (χ0) is 14.0. The van der Waals surface area contributed by atoms with Gasteiger partial charge in [-0.15, -0.1) is 11.3 Å². The van der Waals surface area contributed by atoms with E-state index in [4.69, 9.17) is 0 Å². The minimum atomic E-state index is -3.46. The van der Waals surface area contributed by atoms with Gasteiger partial charge in [0, 0.05) is 31.6 Å². The van der Waals surface area contributed by atoms with Crippen LogP contribution in [-0.4, -0.2) is 64.4 Å². The van der Waals surface area contributed by atoms with Gasteiger partial charge in [0.1, 0.15) is 4.21 Å².